The van der Waals surface area contributed by atoms with Crippen LogP contribution >= 0.6 is 0 Å². The standard InChI is InChI=1S/C22H24N2O4/c1-14(2)11-17(22(26)24-10-9-15-5-3-4-6-18(15)24)23-21(25)16-7-8-19-20(12-16)28-13-27-19/h3-8,12,14,17H,9-11,13H2,1-2H3,(H,23,25)/t17-/m1/s1. The van der Waals surface area contributed by atoms with Crippen LogP contribution in [0.4, 0.5) is 5.69 Å². The molecule has 0 saturated carbocycles. The average Bonchev–Trinajstić information content (AvgIpc) is 3.32. The summed E-state index contributed by atoms with van der Waals surface area (Å²) in [5.41, 5.74) is 2.56. The van der Waals surface area contributed by atoms with Crippen molar-refractivity contribution in [3.8, 4) is 11.5 Å². The van der Waals surface area contributed by atoms with E-state index in [1.165, 1.54) is 5.56 Å². The zero-order chi connectivity index (χ0) is 19.7. The molecule has 2 amide bonds. The molecule has 0 unspecified atom stereocenters. The quantitative estimate of drug-likeness (QED) is 0.865. The van der Waals surface area contributed by atoms with Gasteiger partial charge >= 0.3 is 0 Å². The summed E-state index contributed by atoms with van der Waals surface area (Å²) in [6, 6.07) is 12.4. The van der Waals surface area contributed by atoms with Gasteiger partial charge in [0.1, 0.15) is 6.04 Å². The molecular formula is C22H24N2O4. The van der Waals surface area contributed by atoms with Gasteiger partial charge in [-0.15, -0.1) is 0 Å². The molecule has 0 saturated heterocycles. The molecule has 0 radical (unpaired) electrons. The molecule has 0 spiro atoms. The second-order valence-electron chi connectivity index (χ2n) is 7.59. The van der Waals surface area contributed by atoms with Crippen molar-refractivity contribution in [1.29, 1.82) is 0 Å². The normalized spacial score (nSPS) is 15.5. The van der Waals surface area contributed by atoms with Crippen LogP contribution in [0.25, 0.3) is 0 Å². The third kappa shape index (κ3) is 3.54. The maximum absolute atomic E-state index is 13.3. The van der Waals surface area contributed by atoms with E-state index >= 15 is 0 Å². The predicted octanol–water partition coefficient (Wildman–Crippen LogP) is 3.15. The first kappa shape index (κ1) is 18.3. The maximum Gasteiger partial charge on any atom is 0.252 e. The number of nitrogens with zero attached hydrogens (tertiary/aromatic N) is 1. The Hall–Kier alpha value is -3.02. The third-order valence-electron chi connectivity index (χ3n) is 5.10. The number of amides is 2. The summed E-state index contributed by atoms with van der Waals surface area (Å²) in [7, 11) is 0. The van der Waals surface area contributed by atoms with Gasteiger partial charge in [0.15, 0.2) is 11.5 Å². The lowest BCUT2D eigenvalue weighted by Gasteiger charge is -2.26. The number of hydrogen-bond donors (Lipinski definition) is 1. The summed E-state index contributed by atoms with van der Waals surface area (Å²) in [6.45, 7) is 4.89. The van der Waals surface area contributed by atoms with Crippen molar-refractivity contribution in [1.82, 2.24) is 5.32 Å². The molecule has 0 aliphatic carbocycles. The lowest BCUT2D eigenvalue weighted by atomic mass is 10.0. The summed E-state index contributed by atoms with van der Waals surface area (Å²) in [5.74, 6) is 1.09. The van der Waals surface area contributed by atoms with Crippen LogP contribution in [0.15, 0.2) is 42.5 Å². The Kier molecular flexibility index (Phi) is 4.94. The minimum Gasteiger partial charge on any atom is -0.454 e. The second kappa shape index (κ2) is 7.54. The lowest BCUT2D eigenvalue weighted by Crippen LogP contribution is -2.49. The number of carbonyl (C=O) groups is 2. The Labute approximate surface area is 164 Å². The first-order valence-electron chi connectivity index (χ1n) is 9.62. The molecule has 0 aromatic heterocycles. The minimum atomic E-state index is -0.580. The van der Waals surface area contributed by atoms with E-state index in [0.717, 1.165) is 12.1 Å². The number of nitrogens with one attached hydrogen (secondary N) is 1. The van der Waals surface area contributed by atoms with Crippen molar-refractivity contribution in [3.63, 3.8) is 0 Å². The number of anilines is 1. The van der Waals surface area contributed by atoms with E-state index in [2.05, 4.69) is 5.32 Å². The fourth-order valence-corrected chi connectivity index (χ4v) is 3.73. The number of fused-ring (bicyclic) bond motifs is 2. The highest BCUT2D eigenvalue weighted by molar-refractivity contribution is 6.03. The van der Waals surface area contributed by atoms with Crippen molar-refractivity contribution in [2.45, 2.75) is 32.7 Å². The number of para-hydroxylation sites is 1. The largest absolute Gasteiger partial charge is 0.454 e. The van der Waals surface area contributed by atoms with E-state index in [0.29, 0.717) is 30.0 Å². The topological polar surface area (TPSA) is 67.9 Å². The number of rotatable bonds is 5. The van der Waals surface area contributed by atoms with E-state index in [1.807, 2.05) is 38.1 Å². The molecule has 146 valence electrons. The van der Waals surface area contributed by atoms with Gasteiger partial charge in [0.25, 0.3) is 5.91 Å². The highest BCUT2D eigenvalue weighted by Gasteiger charge is 2.31. The van der Waals surface area contributed by atoms with Crippen molar-refractivity contribution in [2.75, 3.05) is 18.2 Å². The SMILES string of the molecule is CC(C)C[C@@H](NC(=O)c1ccc2c(c1)OCO2)C(=O)N1CCc2ccccc21. The Bertz CT molecular complexity index is 909. The van der Waals surface area contributed by atoms with Crippen LogP contribution in [0.1, 0.15) is 36.2 Å². The summed E-state index contributed by atoms with van der Waals surface area (Å²) in [5, 5.41) is 2.94. The molecular weight excluding hydrogens is 356 g/mol. The fourth-order valence-electron chi connectivity index (χ4n) is 3.73. The number of ether oxygens (including phenoxy) is 2. The molecule has 1 N–H and O–H groups in total. The van der Waals surface area contributed by atoms with Crippen LogP contribution < -0.4 is 19.7 Å². The van der Waals surface area contributed by atoms with Crippen molar-refractivity contribution in [2.24, 2.45) is 5.92 Å². The molecule has 6 heteroatoms. The third-order valence-corrected chi connectivity index (χ3v) is 5.10. The molecule has 0 fully saturated rings. The number of carbonyl (C=O) groups excluding carboxylic acids is 2. The zero-order valence-corrected chi connectivity index (χ0v) is 16.1. The fraction of sp³-hybridized carbons (Fsp3) is 0.364. The van der Waals surface area contributed by atoms with E-state index in [4.69, 9.17) is 9.47 Å². The Morgan fingerprint density at radius 3 is 2.71 bits per heavy atom. The molecule has 0 bridgehead atoms. The average molecular weight is 380 g/mol. The summed E-state index contributed by atoms with van der Waals surface area (Å²) >= 11 is 0. The van der Waals surface area contributed by atoms with Crippen LogP contribution in [-0.2, 0) is 11.2 Å². The van der Waals surface area contributed by atoms with Gasteiger partial charge in [-0.1, -0.05) is 32.0 Å². The van der Waals surface area contributed by atoms with E-state index in [-0.39, 0.29) is 24.5 Å². The lowest BCUT2D eigenvalue weighted by molar-refractivity contribution is -0.120. The zero-order valence-electron chi connectivity index (χ0n) is 16.1. The number of hydrogen-bond acceptors (Lipinski definition) is 4. The molecule has 1 atom stereocenters. The number of benzene rings is 2. The predicted molar refractivity (Wildman–Crippen MR) is 106 cm³/mol. The van der Waals surface area contributed by atoms with Gasteiger partial charge in [0, 0.05) is 17.8 Å². The van der Waals surface area contributed by atoms with Crippen LogP contribution in [0.3, 0.4) is 0 Å². The van der Waals surface area contributed by atoms with Crippen molar-refractivity contribution >= 4 is 17.5 Å². The van der Waals surface area contributed by atoms with Gasteiger partial charge in [-0.2, -0.15) is 0 Å². The smallest absolute Gasteiger partial charge is 0.252 e. The molecule has 2 aromatic rings. The Morgan fingerprint density at radius 1 is 1.11 bits per heavy atom. The molecule has 4 rings (SSSR count). The van der Waals surface area contributed by atoms with Gasteiger partial charge in [0.2, 0.25) is 12.7 Å². The Balaban J connectivity index is 1.53. The Morgan fingerprint density at radius 2 is 1.89 bits per heavy atom. The summed E-state index contributed by atoms with van der Waals surface area (Å²) in [4.78, 5) is 27.9. The highest BCUT2D eigenvalue weighted by atomic mass is 16.7. The van der Waals surface area contributed by atoms with Crippen LogP contribution in [0.5, 0.6) is 11.5 Å². The maximum atomic E-state index is 13.3. The first-order chi connectivity index (χ1) is 13.5. The van der Waals surface area contributed by atoms with Gasteiger partial charge in [0.05, 0.1) is 0 Å². The molecule has 2 aliphatic heterocycles. The van der Waals surface area contributed by atoms with Gasteiger partial charge in [-0.25, -0.2) is 0 Å². The van der Waals surface area contributed by atoms with E-state index in [1.54, 1.807) is 23.1 Å². The molecule has 2 aromatic carbocycles. The minimum absolute atomic E-state index is 0.0623. The van der Waals surface area contributed by atoms with Crippen molar-refractivity contribution in [3.05, 3.63) is 53.6 Å². The summed E-state index contributed by atoms with van der Waals surface area (Å²) < 4.78 is 10.6. The van der Waals surface area contributed by atoms with Gasteiger partial charge in [-0.3, -0.25) is 9.59 Å². The second-order valence-corrected chi connectivity index (χ2v) is 7.59. The van der Waals surface area contributed by atoms with Crippen molar-refractivity contribution < 1.29 is 19.1 Å². The van der Waals surface area contributed by atoms with Gasteiger partial charge < -0.3 is 19.7 Å². The first-order valence-corrected chi connectivity index (χ1v) is 9.62. The van der Waals surface area contributed by atoms with Crippen LogP contribution in [0, 0.1) is 5.92 Å². The molecule has 2 aliphatic rings. The van der Waals surface area contributed by atoms with Crippen LogP contribution in [-0.4, -0.2) is 31.2 Å². The molecule has 2 heterocycles. The molecule has 28 heavy (non-hydrogen) atoms. The van der Waals surface area contributed by atoms with E-state index in [9.17, 15) is 9.59 Å². The monoisotopic (exact) mass is 380 g/mol. The summed E-state index contributed by atoms with van der Waals surface area (Å²) in [6.07, 6.45) is 1.42. The van der Waals surface area contributed by atoms with E-state index < -0.39 is 6.04 Å². The highest BCUT2D eigenvalue weighted by Crippen LogP contribution is 2.33. The molecule has 6 nitrogen and oxygen atoms in total. The van der Waals surface area contributed by atoms with Gasteiger partial charge in [-0.05, 0) is 48.6 Å². The van der Waals surface area contributed by atoms with Crippen LogP contribution in [0.2, 0.25) is 0 Å².